The topological polar surface area (TPSA) is 125 Å². The molecule has 0 aromatic rings. The Morgan fingerprint density at radius 1 is 1.45 bits per heavy atom. The molecule has 0 saturated carbocycles. The number of piperidine rings is 1. The highest BCUT2D eigenvalue weighted by Crippen LogP contribution is 2.08. The number of hydrogen-bond donors (Lipinski definition) is 4. The van der Waals surface area contributed by atoms with E-state index in [0.717, 1.165) is 0 Å². The van der Waals surface area contributed by atoms with Crippen LogP contribution in [0.1, 0.15) is 33.1 Å². The van der Waals surface area contributed by atoms with E-state index in [0.29, 0.717) is 6.42 Å². The third kappa shape index (κ3) is 4.22. The van der Waals surface area contributed by atoms with Gasteiger partial charge in [-0.2, -0.15) is 0 Å². The van der Waals surface area contributed by atoms with Crippen LogP contribution >= 0.6 is 0 Å². The monoisotopic (exact) mass is 285 g/mol. The average Bonchev–Trinajstić information content (AvgIpc) is 2.38. The number of urea groups is 1. The Bertz CT molecular complexity index is 423. The zero-order chi connectivity index (χ0) is 15.3. The molecule has 0 bridgehead atoms. The van der Waals surface area contributed by atoms with Crippen molar-refractivity contribution in [1.82, 2.24) is 16.0 Å². The molecule has 0 aliphatic carbocycles. The zero-order valence-corrected chi connectivity index (χ0v) is 11.4. The van der Waals surface area contributed by atoms with Crippen molar-refractivity contribution in [2.24, 2.45) is 5.92 Å². The normalized spacial score (nSPS) is 21.6. The van der Waals surface area contributed by atoms with Crippen molar-refractivity contribution in [2.45, 2.75) is 45.2 Å². The summed E-state index contributed by atoms with van der Waals surface area (Å²) >= 11 is 0. The van der Waals surface area contributed by atoms with E-state index >= 15 is 0 Å². The van der Waals surface area contributed by atoms with Gasteiger partial charge in [0.25, 0.3) is 0 Å². The molecule has 1 aliphatic rings. The number of carboxylic acids is 1. The summed E-state index contributed by atoms with van der Waals surface area (Å²) in [4.78, 5) is 45.2. The molecule has 1 fully saturated rings. The van der Waals surface area contributed by atoms with Gasteiger partial charge in [-0.1, -0.05) is 20.3 Å². The summed E-state index contributed by atoms with van der Waals surface area (Å²) in [6, 6.07) is -2.57. The number of nitrogens with one attached hydrogen (secondary N) is 3. The average molecular weight is 285 g/mol. The van der Waals surface area contributed by atoms with Gasteiger partial charge in [-0.05, 0) is 12.3 Å². The molecule has 0 radical (unpaired) electrons. The molecule has 4 amide bonds. The summed E-state index contributed by atoms with van der Waals surface area (Å²) in [6.07, 6.45) is 0.944. The standard InChI is InChI=1S/C12H19N3O5/c1-3-6(2)9(11(18)19)15-12(20)13-7-4-5-8(16)14-10(7)17/h6-7,9H,3-5H2,1-2H3,(H,18,19)(H2,13,15,20)(H,14,16,17)/t6?,7?,9-/m0/s1. The van der Waals surface area contributed by atoms with Crippen molar-refractivity contribution in [3.05, 3.63) is 0 Å². The molecular weight excluding hydrogens is 266 g/mol. The van der Waals surface area contributed by atoms with Crippen LogP contribution in [0, 0.1) is 5.92 Å². The van der Waals surface area contributed by atoms with E-state index in [1.807, 2.05) is 6.92 Å². The van der Waals surface area contributed by atoms with Gasteiger partial charge in [0, 0.05) is 6.42 Å². The summed E-state index contributed by atoms with van der Waals surface area (Å²) in [5, 5.41) is 15.9. The van der Waals surface area contributed by atoms with Gasteiger partial charge >= 0.3 is 12.0 Å². The smallest absolute Gasteiger partial charge is 0.326 e. The molecule has 4 N–H and O–H groups in total. The van der Waals surface area contributed by atoms with Crippen molar-refractivity contribution >= 4 is 23.8 Å². The fraction of sp³-hybridized carbons (Fsp3) is 0.667. The molecule has 1 heterocycles. The molecular formula is C12H19N3O5. The van der Waals surface area contributed by atoms with E-state index in [4.69, 9.17) is 5.11 Å². The minimum absolute atomic E-state index is 0.143. The highest BCUT2D eigenvalue weighted by atomic mass is 16.4. The minimum Gasteiger partial charge on any atom is -0.480 e. The van der Waals surface area contributed by atoms with Gasteiger partial charge in [-0.3, -0.25) is 14.9 Å². The van der Waals surface area contributed by atoms with Crippen LogP contribution in [0.4, 0.5) is 4.79 Å². The maximum absolute atomic E-state index is 11.7. The number of carbonyl (C=O) groups excluding carboxylic acids is 3. The maximum Gasteiger partial charge on any atom is 0.326 e. The molecule has 112 valence electrons. The molecule has 1 aliphatic heterocycles. The van der Waals surface area contributed by atoms with Gasteiger partial charge in [0.15, 0.2) is 0 Å². The Kier molecular flexibility index (Phi) is 5.48. The lowest BCUT2D eigenvalue weighted by molar-refractivity contribution is -0.140. The SMILES string of the molecule is CCC(C)[C@H](NC(=O)NC1CCC(=O)NC1=O)C(=O)O. The van der Waals surface area contributed by atoms with Gasteiger partial charge < -0.3 is 15.7 Å². The number of amides is 4. The zero-order valence-electron chi connectivity index (χ0n) is 11.4. The van der Waals surface area contributed by atoms with Gasteiger partial charge in [-0.25, -0.2) is 9.59 Å². The van der Waals surface area contributed by atoms with E-state index in [-0.39, 0.29) is 24.7 Å². The first-order valence-corrected chi connectivity index (χ1v) is 6.48. The van der Waals surface area contributed by atoms with Gasteiger partial charge in [0.2, 0.25) is 11.8 Å². The molecule has 1 rings (SSSR count). The summed E-state index contributed by atoms with van der Waals surface area (Å²) in [5.41, 5.74) is 0. The lowest BCUT2D eigenvalue weighted by atomic mass is 9.99. The van der Waals surface area contributed by atoms with Crippen LogP contribution in [0.2, 0.25) is 0 Å². The molecule has 2 unspecified atom stereocenters. The second-order valence-electron chi connectivity index (χ2n) is 4.82. The molecule has 8 heteroatoms. The van der Waals surface area contributed by atoms with Crippen LogP contribution in [-0.4, -0.2) is 41.0 Å². The quantitative estimate of drug-likeness (QED) is 0.511. The number of carbonyl (C=O) groups is 4. The second kappa shape index (κ2) is 6.88. The maximum atomic E-state index is 11.7. The molecule has 20 heavy (non-hydrogen) atoms. The van der Waals surface area contributed by atoms with Gasteiger partial charge in [0.05, 0.1) is 0 Å². The van der Waals surface area contributed by atoms with Gasteiger partial charge in [0.1, 0.15) is 12.1 Å². The van der Waals surface area contributed by atoms with Crippen molar-refractivity contribution in [1.29, 1.82) is 0 Å². The van der Waals surface area contributed by atoms with E-state index < -0.39 is 30.0 Å². The summed E-state index contributed by atoms with van der Waals surface area (Å²) in [5.74, 6) is -2.32. The number of rotatable bonds is 5. The number of aliphatic carboxylic acids is 1. The fourth-order valence-corrected chi connectivity index (χ4v) is 1.86. The Balaban J connectivity index is 2.55. The van der Waals surface area contributed by atoms with Crippen molar-refractivity contribution < 1.29 is 24.3 Å². The van der Waals surface area contributed by atoms with Crippen LogP contribution in [0.3, 0.4) is 0 Å². The first-order chi connectivity index (χ1) is 9.35. The number of imide groups is 1. The van der Waals surface area contributed by atoms with Crippen LogP contribution in [0.15, 0.2) is 0 Å². The van der Waals surface area contributed by atoms with Gasteiger partial charge in [-0.15, -0.1) is 0 Å². The molecule has 3 atom stereocenters. The van der Waals surface area contributed by atoms with Crippen LogP contribution in [0.25, 0.3) is 0 Å². The molecule has 8 nitrogen and oxygen atoms in total. The predicted molar refractivity (Wildman–Crippen MR) is 68.7 cm³/mol. The van der Waals surface area contributed by atoms with Crippen molar-refractivity contribution in [2.75, 3.05) is 0 Å². The fourth-order valence-electron chi connectivity index (χ4n) is 1.86. The van der Waals surface area contributed by atoms with E-state index in [1.165, 1.54) is 0 Å². The van der Waals surface area contributed by atoms with Crippen molar-refractivity contribution in [3.8, 4) is 0 Å². The predicted octanol–water partition coefficient (Wildman–Crippen LogP) is -0.410. The molecule has 0 aromatic carbocycles. The third-order valence-corrected chi connectivity index (χ3v) is 3.31. The molecule has 0 aromatic heterocycles. The summed E-state index contributed by atoms with van der Waals surface area (Å²) in [6.45, 7) is 3.53. The Labute approximate surface area is 116 Å². The first kappa shape index (κ1) is 15.9. The van der Waals surface area contributed by atoms with Crippen LogP contribution < -0.4 is 16.0 Å². The van der Waals surface area contributed by atoms with E-state index in [9.17, 15) is 19.2 Å². The Hall–Kier alpha value is -2.12. The van der Waals surface area contributed by atoms with Crippen LogP contribution in [0.5, 0.6) is 0 Å². The van der Waals surface area contributed by atoms with Crippen LogP contribution in [-0.2, 0) is 14.4 Å². The Morgan fingerprint density at radius 3 is 2.60 bits per heavy atom. The largest absolute Gasteiger partial charge is 0.480 e. The summed E-state index contributed by atoms with van der Waals surface area (Å²) in [7, 11) is 0. The van der Waals surface area contributed by atoms with E-state index in [1.54, 1.807) is 6.92 Å². The number of hydrogen-bond acceptors (Lipinski definition) is 4. The highest BCUT2D eigenvalue weighted by Gasteiger charge is 2.30. The summed E-state index contributed by atoms with van der Waals surface area (Å²) < 4.78 is 0. The lowest BCUT2D eigenvalue weighted by Gasteiger charge is -2.24. The lowest BCUT2D eigenvalue weighted by Crippen LogP contribution is -2.57. The number of carboxylic acid groups (broad SMARTS) is 1. The third-order valence-electron chi connectivity index (χ3n) is 3.31. The minimum atomic E-state index is -1.13. The molecule has 0 spiro atoms. The van der Waals surface area contributed by atoms with E-state index in [2.05, 4.69) is 16.0 Å². The second-order valence-corrected chi connectivity index (χ2v) is 4.82. The molecule has 1 saturated heterocycles. The first-order valence-electron chi connectivity index (χ1n) is 6.48. The van der Waals surface area contributed by atoms with Crippen molar-refractivity contribution in [3.63, 3.8) is 0 Å². The Morgan fingerprint density at radius 2 is 2.10 bits per heavy atom. The highest BCUT2D eigenvalue weighted by molar-refractivity contribution is 6.01.